The summed E-state index contributed by atoms with van der Waals surface area (Å²) < 4.78 is 1.98. The van der Waals surface area contributed by atoms with Gasteiger partial charge in [0.05, 0.1) is 12.6 Å². The largest absolute Gasteiger partial charge is 0.337 e. The van der Waals surface area contributed by atoms with Crippen molar-refractivity contribution in [3.05, 3.63) is 18.2 Å². The molecule has 1 rings (SSSR count). The quantitative estimate of drug-likeness (QED) is 0.665. The number of aryl methyl sites for hydroxylation is 1. The number of hydrogen-bond donors (Lipinski definition) is 1. The van der Waals surface area contributed by atoms with Crippen molar-refractivity contribution in [3.8, 4) is 12.3 Å². The fourth-order valence-electron chi connectivity index (χ4n) is 1.10. The second-order valence-corrected chi connectivity index (χ2v) is 2.70. The number of nitrogens with one attached hydrogen (secondary N) is 1. The van der Waals surface area contributed by atoms with Gasteiger partial charge in [0.15, 0.2) is 0 Å². The molecule has 3 heteroatoms. The van der Waals surface area contributed by atoms with Crippen LogP contribution in [0, 0.1) is 12.3 Å². The normalized spacial score (nSPS) is 12.4. The van der Waals surface area contributed by atoms with Gasteiger partial charge >= 0.3 is 0 Å². The molecule has 0 saturated heterocycles. The Labute approximate surface area is 72.8 Å². The SMILES string of the molecule is C#CCNC(C)c1nccn1C. The van der Waals surface area contributed by atoms with Gasteiger partial charge in [-0.2, -0.15) is 0 Å². The summed E-state index contributed by atoms with van der Waals surface area (Å²) in [6, 6.07) is 0.209. The number of hydrogen-bond acceptors (Lipinski definition) is 2. The van der Waals surface area contributed by atoms with Crippen molar-refractivity contribution in [3.63, 3.8) is 0 Å². The lowest BCUT2D eigenvalue weighted by Gasteiger charge is -2.10. The van der Waals surface area contributed by atoms with Crippen LogP contribution in [0.25, 0.3) is 0 Å². The maximum Gasteiger partial charge on any atom is 0.125 e. The first-order chi connectivity index (χ1) is 5.75. The molecule has 0 aliphatic carbocycles. The Morgan fingerprint density at radius 2 is 2.58 bits per heavy atom. The second-order valence-electron chi connectivity index (χ2n) is 2.70. The van der Waals surface area contributed by atoms with Gasteiger partial charge in [-0.05, 0) is 6.92 Å². The minimum absolute atomic E-state index is 0.209. The van der Waals surface area contributed by atoms with Gasteiger partial charge in [0, 0.05) is 19.4 Å². The Hall–Kier alpha value is -1.27. The summed E-state index contributed by atoms with van der Waals surface area (Å²) in [6.45, 7) is 2.62. The van der Waals surface area contributed by atoms with Crippen molar-refractivity contribution in [2.75, 3.05) is 6.54 Å². The van der Waals surface area contributed by atoms with Crippen molar-refractivity contribution >= 4 is 0 Å². The van der Waals surface area contributed by atoms with Crippen LogP contribution in [0.3, 0.4) is 0 Å². The van der Waals surface area contributed by atoms with Crippen molar-refractivity contribution in [1.82, 2.24) is 14.9 Å². The first kappa shape index (κ1) is 8.82. The number of aromatic nitrogens is 2. The number of terminal acetylenes is 1. The molecule has 1 aromatic rings. The highest BCUT2D eigenvalue weighted by atomic mass is 15.1. The molecule has 0 spiro atoms. The van der Waals surface area contributed by atoms with Crippen LogP contribution >= 0.6 is 0 Å². The molecule has 3 nitrogen and oxygen atoms in total. The van der Waals surface area contributed by atoms with E-state index in [-0.39, 0.29) is 6.04 Å². The standard InChI is InChI=1S/C9H13N3/c1-4-5-10-8(2)9-11-6-7-12(9)3/h1,6-8,10H,5H2,2-3H3. The van der Waals surface area contributed by atoms with Crippen molar-refractivity contribution < 1.29 is 0 Å². The van der Waals surface area contributed by atoms with E-state index in [9.17, 15) is 0 Å². The predicted molar refractivity (Wildman–Crippen MR) is 48.5 cm³/mol. The Kier molecular flexibility index (Phi) is 2.89. The van der Waals surface area contributed by atoms with E-state index in [1.54, 1.807) is 6.20 Å². The van der Waals surface area contributed by atoms with Gasteiger partial charge < -0.3 is 4.57 Å². The molecule has 1 aromatic heterocycles. The van der Waals surface area contributed by atoms with Gasteiger partial charge in [0.25, 0.3) is 0 Å². The summed E-state index contributed by atoms with van der Waals surface area (Å²) in [5.41, 5.74) is 0. The molecule has 1 N–H and O–H groups in total. The average molecular weight is 163 g/mol. The van der Waals surface area contributed by atoms with Gasteiger partial charge in [-0.15, -0.1) is 6.42 Å². The topological polar surface area (TPSA) is 29.9 Å². The highest BCUT2D eigenvalue weighted by Gasteiger charge is 2.07. The molecule has 0 radical (unpaired) electrons. The van der Waals surface area contributed by atoms with Gasteiger partial charge in [-0.25, -0.2) is 4.98 Å². The maximum absolute atomic E-state index is 5.13. The lowest BCUT2D eigenvalue weighted by atomic mass is 10.3. The highest BCUT2D eigenvalue weighted by Crippen LogP contribution is 2.06. The van der Waals surface area contributed by atoms with Crippen molar-refractivity contribution in [1.29, 1.82) is 0 Å². The molecule has 0 aromatic carbocycles. The van der Waals surface area contributed by atoms with Crippen LogP contribution in [0.15, 0.2) is 12.4 Å². The van der Waals surface area contributed by atoms with Crippen LogP contribution in [0.4, 0.5) is 0 Å². The van der Waals surface area contributed by atoms with Crippen molar-refractivity contribution in [2.45, 2.75) is 13.0 Å². The monoisotopic (exact) mass is 163 g/mol. The van der Waals surface area contributed by atoms with E-state index < -0.39 is 0 Å². The third-order valence-electron chi connectivity index (χ3n) is 1.76. The molecule has 12 heavy (non-hydrogen) atoms. The smallest absolute Gasteiger partial charge is 0.125 e. The summed E-state index contributed by atoms with van der Waals surface area (Å²) in [7, 11) is 1.97. The fourth-order valence-corrected chi connectivity index (χ4v) is 1.10. The molecule has 64 valence electrons. The van der Waals surface area contributed by atoms with Crippen LogP contribution < -0.4 is 5.32 Å². The predicted octanol–water partition coefficient (Wildman–Crippen LogP) is 0.704. The zero-order valence-corrected chi connectivity index (χ0v) is 7.41. The molecule has 0 bridgehead atoms. The molecular formula is C9H13N3. The molecule has 0 saturated carbocycles. The highest BCUT2D eigenvalue weighted by molar-refractivity contribution is 4.98. The van der Waals surface area contributed by atoms with E-state index in [1.165, 1.54) is 0 Å². The molecule has 0 aliphatic rings. The third-order valence-corrected chi connectivity index (χ3v) is 1.76. The first-order valence-corrected chi connectivity index (χ1v) is 3.89. The molecule has 0 amide bonds. The first-order valence-electron chi connectivity index (χ1n) is 3.89. The van der Waals surface area contributed by atoms with Gasteiger partial charge in [0.1, 0.15) is 5.82 Å². The molecule has 1 heterocycles. The average Bonchev–Trinajstić information content (AvgIpc) is 2.47. The second kappa shape index (κ2) is 3.93. The van der Waals surface area contributed by atoms with Crippen LogP contribution in [-0.4, -0.2) is 16.1 Å². The van der Waals surface area contributed by atoms with Gasteiger partial charge in [0.2, 0.25) is 0 Å². The van der Waals surface area contributed by atoms with Crippen LogP contribution in [-0.2, 0) is 7.05 Å². The lowest BCUT2D eigenvalue weighted by molar-refractivity contribution is 0.565. The minimum Gasteiger partial charge on any atom is -0.337 e. The zero-order valence-electron chi connectivity index (χ0n) is 7.41. The van der Waals surface area contributed by atoms with E-state index in [4.69, 9.17) is 6.42 Å². The summed E-state index contributed by atoms with van der Waals surface area (Å²) >= 11 is 0. The molecule has 0 fully saturated rings. The van der Waals surface area contributed by atoms with E-state index in [1.807, 2.05) is 24.7 Å². The van der Waals surface area contributed by atoms with E-state index in [0.717, 1.165) is 5.82 Å². The molecular weight excluding hydrogens is 150 g/mol. The lowest BCUT2D eigenvalue weighted by Crippen LogP contribution is -2.21. The summed E-state index contributed by atoms with van der Waals surface area (Å²) in [5.74, 6) is 3.54. The fraction of sp³-hybridized carbons (Fsp3) is 0.444. The van der Waals surface area contributed by atoms with E-state index >= 15 is 0 Å². The Morgan fingerprint density at radius 1 is 1.83 bits per heavy atom. The maximum atomic E-state index is 5.13. The Bertz CT molecular complexity index is 282. The molecule has 1 atom stereocenters. The summed E-state index contributed by atoms with van der Waals surface area (Å²) in [4.78, 5) is 4.20. The summed E-state index contributed by atoms with van der Waals surface area (Å²) in [5, 5.41) is 3.16. The van der Waals surface area contributed by atoms with E-state index in [2.05, 4.69) is 16.2 Å². The van der Waals surface area contributed by atoms with Crippen LogP contribution in [0.5, 0.6) is 0 Å². The number of nitrogens with zero attached hydrogens (tertiary/aromatic N) is 2. The van der Waals surface area contributed by atoms with E-state index in [0.29, 0.717) is 6.54 Å². The Morgan fingerprint density at radius 3 is 3.08 bits per heavy atom. The number of rotatable bonds is 3. The Balaban J connectivity index is 2.60. The minimum atomic E-state index is 0.209. The van der Waals surface area contributed by atoms with Gasteiger partial charge in [-0.1, -0.05) is 5.92 Å². The molecule has 1 unspecified atom stereocenters. The zero-order chi connectivity index (χ0) is 8.97. The molecule has 0 aliphatic heterocycles. The van der Waals surface area contributed by atoms with Gasteiger partial charge in [-0.3, -0.25) is 5.32 Å². The van der Waals surface area contributed by atoms with Crippen LogP contribution in [0.2, 0.25) is 0 Å². The third kappa shape index (κ3) is 1.86. The summed E-state index contributed by atoms with van der Waals surface area (Å²) in [6.07, 6.45) is 8.83. The van der Waals surface area contributed by atoms with Crippen molar-refractivity contribution in [2.24, 2.45) is 7.05 Å². The number of imidazole rings is 1. The van der Waals surface area contributed by atoms with Crippen LogP contribution in [0.1, 0.15) is 18.8 Å².